The lowest BCUT2D eigenvalue weighted by Crippen LogP contribution is -1.81. The molecule has 0 atom stereocenters. The third-order valence-corrected chi connectivity index (χ3v) is 1.04. The van der Waals surface area contributed by atoms with Gasteiger partial charge in [0.25, 0.3) is 0 Å². The van der Waals surface area contributed by atoms with Crippen molar-refractivity contribution in [2.75, 3.05) is 0 Å². The lowest BCUT2D eigenvalue weighted by molar-refractivity contribution is 0.137. The van der Waals surface area contributed by atoms with Crippen LogP contribution in [0.15, 0.2) is 36.9 Å². The van der Waals surface area contributed by atoms with E-state index in [-0.39, 0.29) is 0 Å². The summed E-state index contributed by atoms with van der Waals surface area (Å²) in [7, 11) is 0. The zero-order valence-electron chi connectivity index (χ0n) is 7.74. The van der Waals surface area contributed by atoms with E-state index < -0.39 is 17.7 Å². The van der Waals surface area contributed by atoms with Crippen LogP contribution in [0.1, 0.15) is 5.56 Å². The molecule has 84 valence electrons. The van der Waals surface area contributed by atoms with Gasteiger partial charge in [-0.2, -0.15) is 0 Å². The summed E-state index contributed by atoms with van der Waals surface area (Å²) < 4.78 is 16.7. The molecule has 0 radical (unpaired) electrons. The highest BCUT2D eigenvalue weighted by Gasteiger charge is 1.75. The van der Waals surface area contributed by atoms with Gasteiger partial charge in [-0.1, -0.05) is 54.6 Å². The molecule has 0 aromatic heterocycles. The molecule has 0 aliphatic rings. The maximum Gasteiger partial charge on any atom is 0.503 e. The van der Waals surface area contributed by atoms with Gasteiger partial charge in [-0.15, -0.1) is 0 Å². The molecule has 5 nitrogen and oxygen atoms in total. The van der Waals surface area contributed by atoms with E-state index in [4.69, 9.17) is 23.4 Å². The average molecular weight is 231 g/mol. The fourth-order valence-corrected chi connectivity index (χ4v) is 0.589. The predicted octanol–water partition coefficient (Wildman–Crippen LogP) is 2.04. The Hall–Kier alpha value is -1.82. The van der Waals surface area contributed by atoms with Crippen LogP contribution < -0.4 is 0 Å². The molecule has 0 amide bonds. The second-order valence-electron chi connectivity index (χ2n) is 1.97. The van der Waals surface area contributed by atoms with Crippen LogP contribution in [0.3, 0.4) is 0 Å². The van der Waals surface area contributed by atoms with E-state index in [2.05, 4.69) is 6.58 Å². The van der Waals surface area contributed by atoms with Crippen molar-refractivity contribution in [1.29, 1.82) is 0 Å². The van der Waals surface area contributed by atoms with Crippen molar-refractivity contribution in [2.24, 2.45) is 0 Å². The van der Waals surface area contributed by atoms with Gasteiger partial charge in [0, 0.05) is 0 Å². The molecule has 0 bridgehead atoms. The number of hydrogen-bond acceptors (Lipinski definition) is 4. The highest BCUT2D eigenvalue weighted by molar-refractivity contribution is 7.51. The van der Waals surface area contributed by atoms with Gasteiger partial charge in [0.05, 0.1) is 0 Å². The summed E-state index contributed by atoms with van der Waals surface area (Å²) in [5.74, 6) is 0. The maximum absolute atomic E-state index is 8.56. The molecule has 0 spiro atoms. The van der Waals surface area contributed by atoms with E-state index in [0.717, 1.165) is 0 Å². The third kappa shape index (κ3) is 18.9. The summed E-state index contributed by atoms with van der Waals surface area (Å²) in [6, 6.07) is 10.0. The number of hydrogen-bond donors (Lipinski definition) is 2. The van der Waals surface area contributed by atoms with E-state index in [1.54, 1.807) is 0 Å². The summed E-state index contributed by atoms with van der Waals surface area (Å²) in [4.78, 5) is 8.56. The van der Waals surface area contributed by atoms with Crippen LogP contribution in [0.4, 0.5) is 4.79 Å². The SMILES string of the molecule is C=Cc1ccccc1.O=C(O)O.O=[SH-]=O. The molecule has 0 aliphatic heterocycles. The minimum atomic E-state index is -1.83. The van der Waals surface area contributed by atoms with E-state index in [1.807, 2.05) is 36.4 Å². The van der Waals surface area contributed by atoms with Crippen LogP contribution in [0, 0.1) is 0 Å². The molecule has 0 aliphatic carbocycles. The Morgan fingerprint density at radius 2 is 1.53 bits per heavy atom. The molecule has 1 aromatic carbocycles. The second kappa shape index (κ2) is 12.2. The van der Waals surface area contributed by atoms with Crippen LogP contribution in [0.2, 0.25) is 0 Å². The zero-order valence-corrected chi connectivity index (χ0v) is 8.63. The van der Waals surface area contributed by atoms with Gasteiger partial charge >= 0.3 is 6.16 Å². The summed E-state index contributed by atoms with van der Waals surface area (Å²) in [5, 5.41) is 13.9. The van der Waals surface area contributed by atoms with E-state index in [1.165, 1.54) is 5.56 Å². The molecule has 1 rings (SSSR count). The van der Waals surface area contributed by atoms with Gasteiger partial charge in [-0.3, -0.25) is 0 Å². The molecule has 1 aromatic rings. The normalized spacial score (nSPS) is 7.20. The van der Waals surface area contributed by atoms with E-state index in [9.17, 15) is 0 Å². The molecule has 0 unspecified atom stereocenters. The Morgan fingerprint density at radius 1 is 1.20 bits per heavy atom. The van der Waals surface area contributed by atoms with Crippen molar-refractivity contribution < 1.29 is 23.4 Å². The topological polar surface area (TPSA) is 91.7 Å². The van der Waals surface area contributed by atoms with Crippen molar-refractivity contribution >= 4 is 23.8 Å². The number of carbonyl (C=O) groups is 1. The summed E-state index contributed by atoms with van der Waals surface area (Å²) >= 11 is -1.08. The fourth-order valence-electron chi connectivity index (χ4n) is 0.589. The molecule has 15 heavy (non-hydrogen) atoms. The molecule has 0 heterocycles. The first-order valence-corrected chi connectivity index (χ1v) is 4.35. The van der Waals surface area contributed by atoms with Gasteiger partial charge in [0.15, 0.2) is 0 Å². The van der Waals surface area contributed by atoms with Crippen molar-refractivity contribution in [3.63, 3.8) is 0 Å². The first-order valence-electron chi connectivity index (χ1n) is 3.62. The van der Waals surface area contributed by atoms with Gasteiger partial charge in [0.1, 0.15) is 0 Å². The van der Waals surface area contributed by atoms with E-state index >= 15 is 0 Å². The summed E-state index contributed by atoms with van der Waals surface area (Å²) in [6.45, 7) is 3.63. The number of benzene rings is 1. The van der Waals surface area contributed by atoms with Gasteiger partial charge < -0.3 is 18.6 Å². The quantitative estimate of drug-likeness (QED) is 0.570. The Morgan fingerprint density at radius 3 is 1.73 bits per heavy atom. The van der Waals surface area contributed by atoms with Gasteiger partial charge in [-0.05, 0) is 5.56 Å². The van der Waals surface area contributed by atoms with Crippen molar-refractivity contribution in [3.8, 4) is 0 Å². The Kier molecular flexibility index (Phi) is 12.7. The monoisotopic (exact) mass is 231 g/mol. The average Bonchev–Trinajstić information content (AvgIpc) is 2.19. The molecule has 6 heteroatoms. The highest BCUT2D eigenvalue weighted by atomic mass is 32.1. The summed E-state index contributed by atoms with van der Waals surface area (Å²) in [6.07, 6.45) is 0. The van der Waals surface area contributed by atoms with Gasteiger partial charge in [-0.25, -0.2) is 4.79 Å². The van der Waals surface area contributed by atoms with Crippen LogP contribution in [-0.2, 0) is 20.0 Å². The lowest BCUT2D eigenvalue weighted by Gasteiger charge is -1.85. The largest absolute Gasteiger partial charge is 0.503 e. The van der Waals surface area contributed by atoms with Crippen molar-refractivity contribution in [3.05, 3.63) is 42.5 Å². The van der Waals surface area contributed by atoms with Crippen LogP contribution in [-0.4, -0.2) is 16.4 Å². The molecule has 2 N–H and O–H groups in total. The molecule has 0 saturated heterocycles. The second-order valence-corrected chi connectivity index (χ2v) is 2.12. The van der Waals surface area contributed by atoms with Crippen molar-refractivity contribution in [1.82, 2.24) is 0 Å². The van der Waals surface area contributed by atoms with Crippen molar-refractivity contribution in [2.45, 2.75) is 0 Å². The highest BCUT2D eigenvalue weighted by Crippen LogP contribution is 1.97. The van der Waals surface area contributed by atoms with Crippen LogP contribution in [0.5, 0.6) is 0 Å². The Balaban J connectivity index is 0. The van der Waals surface area contributed by atoms with Crippen LogP contribution in [0.25, 0.3) is 6.08 Å². The number of carboxylic acid groups (broad SMARTS) is 2. The standard InChI is InChI=1S/C8H8.CH2O3.HO2S/c1-2-8-6-4-3-5-7-8;2-1(3)4;1-3-2/h2-7H,1H2;(H2,2,3,4);3H/q;;-1. The molecular formula is C9H11O5S-. The minimum absolute atomic E-state index is 1.08. The first-order chi connectivity index (χ1) is 7.08. The number of thiol groups is 1. The zero-order chi connectivity index (χ0) is 12.1. The Labute approximate surface area is 90.3 Å². The maximum atomic E-state index is 8.56. The lowest BCUT2D eigenvalue weighted by atomic mass is 10.2. The smallest absolute Gasteiger partial charge is 0.450 e. The fraction of sp³-hybridized carbons (Fsp3) is 0. The minimum Gasteiger partial charge on any atom is -0.450 e. The predicted molar refractivity (Wildman–Crippen MR) is 57.3 cm³/mol. The number of rotatable bonds is 1. The summed E-state index contributed by atoms with van der Waals surface area (Å²) in [5.41, 5.74) is 1.17. The third-order valence-electron chi connectivity index (χ3n) is 1.04. The molecule has 0 saturated carbocycles. The molecule has 0 fully saturated rings. The molecular weight excluding hydrogens is 220 g/mol. The Bertz CT molecular complexity index is 313. The first kappa shape index (κ1) is 15.6. The van der Waals surface area contributed by atoms with Crippen LogP contribution >= 0.6 is 0 Å². The van der Waals surface area contributed by atoms with E-state index in [0.29, 0.717) is 0 Å². The van der Waals surface area contributed by atoms with Gasteiger partial charge in [0.2, 0.25) is 0 Å².